The summed E-state index contributed by atoms with van der Waals surface area (Å²) in [4.78, 5) is 16.3. The fraction of sp³-hybridized carbons (Fsp3) is 0.500. The predicted molar refractivity (Wildman–Crippen MR) is 70.8 cm³/mol. The Morgan fingerprint density at radius 3 is 2.82 bits per heavy atom. The zero-order valence-electron chi connectivity index (χ0n) is 9.96. The molecule has 17 heavy (non-hydrogen) atoms. The number of rotatable bonds is 3. The largest absolute Gasteiger partial charge is 0.316 e. The lowest BCUT2D eigenvalue weighted by Crippen LogP contribution is -2.48. The number of nitrogens with zero attached hydrogens (tertiary/aromatic N) is 1. The molecule has 1 fully saturated rings. The number of aromatic nitrogens is 1. The van der Waals surface area contributed by atoms with E-state index in [1.54, 1.807) is 6.07 Å². The van der Waals surface area contributed by atoms with Gasteiger partial charge in [0.2, 0.25) is 5.91 Å². The summed E-state index contributed by atoms with van der Waals surface area (Å²) in [5.41, 5.74) is 0.876. The van der Waals surface area contributed by atoms with E-state index in [0.717, 1.165) is 23.3 Å². The van der Waals surface area contributed by atoms with Gasteiger partial charge in [0.1, 0.15) is 5.82 Å². The van der Waals surface area contributed by atoms with Gasteiger partial charge in [-0.3, -0.25) is 4.79 Å². The highest BCUT2D eigenvalue weighted by Gasteiger charge is 2.28. The average Bonchev–Trinajstić information content (AvgIpc) is 2.21. The molecule has 1 aliphatic heterocycles. The SMILES string of the molecule is Cc1nc(NC(=O)C(C)C2CNC2)ccc1Br. The second-order valence-electron chi connectivity index (χ2n) is 4.46. The maximum Gasteiger partial charge on any atom is 0.228 e. The van der Waals surface area contributed by atoms with Gasteiger partial charge in [0.25, 0.3) is 0 Å². The smallest absolute Gasteiger partial charge is 0.228 e. The maximum atomic E-state index is 12.0. The molecule has 2 rings (SSSR count). The van der Waals surface area contributed by atoms with Gasteiger partial charge in [-0.15, -0.1) is 0 Å². The van der Waals surface area contributed by atoms with Crippen LogP contribution in [0.3, 0.4) is 0 Å². The third-order valence-corrected chi connectivity index (χ3v) is 4.04. The number of pyridine rings is 1. The molecule has 1 aromatic heterocycles. The second kappa shape index (κ2) is 5.14. The molecule has 2 heterocycles. The molecule has 0 saturated carbocycles. The van der Waals surface area contributed by atoms with Crippen molar-refractivity contribution in [1.82, 2.24) is 10.3 Å². The number of hydrogen-bond donors (Lipinski definition) is 2. The van der Waals surface area contributed by atoms with Crippen molar-refractivity contribution in [3.05, 3.63) is 22.3 Å². The lowest BCUT2D eigenvalue weighted by Gasteiger charge is -2.31. The van der Waals surface area contributed by atoms with Crippen molar-refractivity contribution in [3.8, 4) is 0 Å². The highest BCUT2D eigenvalue weighted by molar-refractivity contribution is 9.10. The Bertz CT molecular complexity index is 432. The Balaban J connectivity index is 1.99. The van der Waals surface area contributed by atoms with Crippen molar-refractivity contribution >= 4 is 27.7 Å². The van der Waals surface area contributed by atoms with Crippen LogP contribution in [0.15, 0.2) is 16.6 Å². The standard InChI is InChI=1S/C12H16BrN3O/c1-7(9-5-14-6-9)12(17)16-11-4-3-10(13)8(2)15-11/h3-4,7,9,14H,5-6H2,1-2H3,(H,15,16,17). The number of nitrogens with one attached hydrogen (secondary N) is 2. The van der Waals surface area contributed by atoms with Crippen LogP contribution in [-0.2, 0) is 4.79 Å². The molecule has 4 nitrogen and oxygen atoms in total. The normalized spacial score (nSPS) is 17.4. The molecule has 0 aliphatic carbocycles. The van der Waals surface area contributed by atoms with Gasteiger partial charge in [-0.25, -0.2) is 4.98 Å². The van der Waals surface area contributed by atoms with Crippen LogP contribution in [0.4, 0.5) is 5.82 Å². The summed E-state index contributed by atoms with van der Waals surface area (Å²) in [6, 6.07) is 3.70. The highest BCUT2D eigenvalue weighted by Crippen LogP contribution is 2.19. The van der Waals surface area contributed by atoms with Crippen LogP contribution in [0, 0.1) is 18.8 Å². The third kappa shape index (κ3) is 2.84. The predicted octanol–water partition coefficient (Wildman–Crippen LogP) is 1.95. The first-order chi connectivity index (χ1) is 8.08. The van der Waals surface area contributed by atoms with Crippen LogP contribution >= 0.6 is 15.9 Å². The molecule has 5 heteroatoms. The summed E-state index contributed by atoms with van der Waals surface area (Å²) in [6.45, 7) is 5.73. The van der Waals surface area contributed by atoms with E-state index in [1.807, 2.05) is 19.9 Å². The molecule has 0 radical (unpaired) electrons. The second-order valence-corrected chi connectivity index (χ2v) is 5.31. The van der Waals surface area contributed by atoms with Crippen molar-refractivity contribution < 1.29 is 4.79 Å². The van der Waals surface area contributed by atoms with Crippen LogP contribution in [0.1, 0.15) is 12.6 Å². The Labute approximate surface area is 109 Å². The van der Waals surface area contributed by atoms with Crippen molar-refractivity contribution in [3.63, 3.8) is 0 Å². The van der Waals surface area contributed by atoms with E-state index in [9.17, 15) is 4.79 Å². The Kier molecular flexibility index (Phi) is 3.79. The minimum atomic E-state index is 0.0296. The summed E-state index contributed by atoms with van der Waals surface area (Å²) in [5.74, 6) is 1.15. The van der Waals surface area contributed by atoms with Crippen LogP contribution < -0.4 is 10.6 Å². The van der Waals surface area contributed by atoms with Gasteiger partial charge in [-0.1, -0.05) is 6.92 Å². The summed E-state index contributed by atoms with van der Waals surface area (Å²) >= 11 is 3.38. The quantitative estimate of drug-likeness (QED) is 0.897. The lowest BCUT2D eigenvalue weighted by atomic mass is 9.88. The van der Waals surface area contributed by atoms with E-state index >= 15 is 0 Å². The number of anilines is 1. The van der Waals surface area contributed by atoms with Crippen LogP contribution in [0.25, 0.3) is 0 Å². The van der Waals surface area contributed by atoms with Crippen LogP contribution in [0.5, 0.6) is 0 Å². The number of aryl methyl sites for hydroxylation is 1. The van der Waals surface area contributed by atoms with Gasteiger partial charge in [0, 0.05) is 10.4 Å². The minimum Gasteiger partial charge on any atom is -0.316 e. The zero-order valence-corrected chi connectivity index (χ0v) is 11.5. The van der Waals surface area contributed by atoms with Gasteiger partial charge in [-0.2, -0.15) is 0 Å². The molecular formula is C12H16BrN3O. The molecule has 1 unspecified atom stereocenters. The fourth-order valence-electron chi connectivity index (χ4n) is 1.73. The highest BCUT2D eigenvalue weighted by atomic mass is 79.9. The molecule has 1 atom stereocenters. The summed E-state index contributed by atoms with van der Waals surface area (Å²) in [7, 11) is 0. The van der Waals surface area contributed by atoms with Crippen molar-refractivity contribution in [2.24, 2.45) is 11.8 Å². The summed E-state index contributed by atoms with van der Waals surface area (Å²) in [6.07, 6.45) is 0. The first-order valence-corrected chi connectivity index (χ1v) is 6.52. The maximum absolute atomic E-state index is 12.0. The van der Waals surface area contributed by atoms with Gasteiger partial charge >= 0.3 is 0 Å². The number of halogens is 1. The molecule has 0 bridgehead atoms. The number of carbonyl (C=O) groups is 1. The number of carbonyl (C=O) groups excluding carboxylic acids is 1. The van der Waals surface area contributed by atoms with E-state index in [1.165, 1.54) is 0 Å². The lowest BCUT2D eigenvalue weighted by molar-refractivity contribution is -0.121. The molecule has 1 saturated heterocycles. The molecule has 1 aromatic rings. The fourth-order valence-corrected chi connectivity index (χ4v) is 1.95. The van der Waals surface area contributed by atoms with Crippen LogP contribution in [-0.4, -0.2) is 24.0 Å². The molecular weight excluding hydrogens is 282 g/mol. The molecule has 1 amide bonds. The zero-order chi connectivity index (χ0) is 12.4. The van der Waals surface area contributed by atoms with E-state index in [-0.39, 0.29) is 11.8 Å². The van der Waals surface area contributed by atoms with E-state index < -0.39 is 0 Å². The minimum absolute atomic E-state index is 0.0296. The van der Waals surface area contributed by atoms with Crippen molar-refractivity contribution in [1.29, 1.82) is 0 Å². The molecule has 0 aromatic carbocycles. The molecule has 0 spiro atoms. The van der Waals surface area contributed by atoms with Crippen molar-refractivity contribution in [2.75, 3.05) is 18.4 Å². The topological polar surface area (TPSA) is 54.0 Å². The first-order valence-electron chi connectivity index (χ1n) is 5.72. The Morgan fingerprint density at radius 2 is 2.29 bits per heavy atom. The number of hydrogen-bond acceptors (Lipinski definition) is 3. The summed E-state index contributed by atoms with van der Waals surface area (Å²) in [5, 5.41) is 6.04. The molecule has 92 valence electrons. The van der Waals surface area contributed by atoms with E-state index in [0.29, 0.717) is 11.7 Å². The van der Waals surface area contributed by atoms with E-state index in [2.05, 4.69) is 31.5 Å². The summed E-state index contributed by atoms with van der Waals surface area (Å²) < 4.78 is 0.951. The van der Waals surface area contributed by atoms with Gasteiger partial charge in [0.05, 0.1) is 5.69 Å². The monoisotopic (exact) mass is 297 g/mol. The Hall–Kier alpha value is -0.940. The van der Waals surface area contributed by atoms with Crippen LogP contribution in [0.2, 0.25) is 0 Å². The third-order valence-electron chi connectivity index (χ3n) is 3.21. The number of amides is 1. The Morgan fingerprint density at radius 1 is 1.59 bits per heavy atom. The molecule has 1 aliphatic rings. The van der Waals surface area contributed by atoms with Gasteiger partial charge < -0.3 is 10.6 Å². The van der Waals surface area contributed by atoms with Gasteiger partial charge in [0.15, 0.2) is 0 Å². The molecule has 2 N–H and O–H groups in total. The van der Waals surface area contributed by atoms with Gasteiger partial charge in [-0.05, 0) is 54.0 Å². The average molecular weight is 298 g/mol. The van der Waals surface area contributed by atoms with E-state index in [4.69, 9.17) is 0 Å². The first kappa shape index (κ1) is 12.5. The van der Waals surface area contributed by atoms with Crippen molar-refractivity contribution in [2.45, 2.75) is 13.8 Å².